The predicted octanol–water partition coefficient (Wildman–Crippen LogP) is 2.17. The molecule has 3 rings (SSSR count). The summed E-state index contributed by atoms with van der Waals surface area (Å²) in [7, 11) is 0. The number of benzene rings is 2. The molecular formula is C19H15F2N3O4. The summed E-state index contributed by atoms with van der Waals surface area (Å²) in [4.78, 5) is 40.7. The number of hydrogen-bond acceptors (Lipinski definition) is 5. The van der Waals surface area contributed by atoms with Crippen LogP contribution in [0.3, 0.4) is 0 Å². The van der Waals surface area contributed by atoms with Crippen LogP contribution in [0.1, 0.15) is 17.6 Å². The molecule has 0 aliphatic rings. The number of carboxylic acid groups (broad SMARTS) is 1. The zero-order chi connectivity index (χ0) is 20.4. The van der Waals surface area contributed by atoms with Crippen LogP contribution in [0.25, 0.3) is 22.3 Å². The highest BCUT2D eigenvalue weighted by molar-refractivity contribution is 5.88. The second kappa shape index (κ2) is 7.65. The minimum Gasteiger partial charge on any atom is -0.480 e. The minimum absolute atomic E-state index is 0.101. The molecule has 1 atom stereocenters. The van der Waals surface area contributed by atoms with E-state index in [1.807, 2.05) is 0 Å². The van der Waals surface area contributed by atoms with Gasteiger partial charge in [0.1, 0.15) is 17.7 Å². The Bertz CT molecular complexity index is 1120. The molecule has 0 amide bonds. The van der Waals surface area contributed by atoms with E-state index in [2.05, 4.69) is 4.98 Å². The average molecular weight is 387 g/mol. The number of hydrogen-bond donors (Lipinski definition) is 2. The molecule has 0 saturated heterocycles. The maximum absolute atomic E-state index is 13.7. The predicted molar refractivity (Wildman–Crippen MR) is 96.8 cm³/mol. The number of carbonyl (C=O) groups excluding carboxylic acids is 1. The first kappa shape index (κ1) is 19.3. The third-order valence-electron chi connectivity index (χ3n) is 4.13. The molecule has 1 aromatic heterocycles. The van der Waals surface area contributed by atoms with Gasteiger partial charge in [-0.3, -0.25) is 14.4 Å². The number of carboxylic acids is 1. The van der Waals surface area contributed by atoms with Crippen molar-refractivity contribution < 1.29 is 23.5 Å². The zero-order valence-electron chi connectivity index (χ0n) is 14.4. The molecule has 0 aliphatic heterocycles. The van der Waals surface area contributed by atoms with Crippen LogP contribution in [0, 0.1) is 11.6 Å². The first-order valence-electron chi connectivity index (χ1n) is 8.28. The van der Waals surface area contributed by atoms with Crippen LogP contribution in [0.5, 0.6) is 0 Å². The summed E-state index contributed by atoms with van der Waals surface area (Å²) in [5, 5.41) is 8.99. The van der Waals surface area contributed by atoms with Gasteiger partial charge in [0, 0.05) is 18.1 Å². The molecular weight excluding hydrogens is 372 g/mol. The normalized spacial score (nSPS) is 12.1. The summed E-state index contributed by atoms with van der Waals surface area (Å²) in [6, 6.07) is 7.48. The SMILES string of the molecule is NC(CCC(=O)n1c(-c2cc(F)cc(F)c2)nc2ccccc2c1=O)C(=O)O. The van der Waals surface area contributed by atoms with Crippen molar-refractivity contribution in [2.75, 3.05) is 0 Å². The Hall–Kier alpha value is -3.46. The van der Waals surface area contributed by atoms with E-state index in [0.29, 0.717) is 10.6 Å². The van der Waals surface area contributed by atoms with Crippen molar-refractivity contribution in [3.63, 3.8) is 0 Å². The fourth-order valence-corrected chi connectivity index (χ4v) is 2.75. The van der Waals surface area contributed by atoms with E-state index >= 15 is 0 Å². The molecule has 0 radical (unpaired) electrons. The largest absolute Gasteiger partial charge is 0.480 e. The van der Waals surface area contributed by atoms with E-state index < -0.39 is 35.1 Å². The summed E-state index contributed by atoms with van der Waals surface area (Å²) in [6.45, 7) is 0. The van der Waals surface area contributed by atoms with Crippen LogP contribution in [-0.4, -0.2) is 32.6 Å². The lowest BCUT2D eigenvalue weighted by Crippen LogP contribution is -2.34. The number of aromatic nitrogens is 2. The van der Waals surface area contributed by atoms with E-state index in [0.717, 1.165) is 12.1 Å². The number of fused-ring (bicyclic) bond motifs is 1. The van der Waals surface area contributed by atoms with Gasteiger partial charge in [-0.15, -0.1) is 0 Å². The lowest BCUT2D eigenvalue weighted by Gasteiger charge is -2.13. The molecule has 2 aromatic carbocycles. The quantitative estimate of drug-likeness (QED) is 0.693. The number of halogens is 2. The average Bonchev–Trinajstić information content (AvgIpc) is 2.64. The molecule has 1 unspecified atom stereocenters. The van der Waals surface area contributed by atoms with Crippen LogP contribution < -0.4 is 11.3 Å². The van der Waals surface area contributed by atoms with Crippen LogP contribution in [0.15, 0.2) is 47.3 Å². The van der Waals surface area contributed by atoms with Gasteiger partial charge in [-0.1, -0.05) is 12.1 Å². The van der Waals surface area contributed by atoms with E-state index in [9.17, 15) is 23.2 Å². The van der Waals surface area contributed by atoms with Gasteiger partial charge < -0.3 is 10.8 Å². The molecule has 3 aromatic rings. The van der Waals surface area contributed by atoms with E-state index in [4.69, 9.17) is 10.8 Å². The second-order valence-electron chi connectivity index (χ2n) is 6.13. The number of carbonyl (C=O) groups is 2. The van der Waals surface area contributed by atoms with Crippen molar-refractivity contribution in [1.29, 1.82) is 0 Å². The van der Waals surface area contributed by atoms with Gasteiger partial charge in [0.2, 0.25) is 5.91 Å². The molecule has 28 heavy (non-hydrogen) atoms. The molecule has 0 fully saturated rings. The Morgan fingerprint density at radius 1 is 1.14 bits per heavy atom. The van der Waals surface area contributed by atoms with Gasteiger partial charge >= 0.3 is 5.97 Å². The van der Waals surface area contributed by atoms with Crippen LogP contribution >= 0.6 is 0 Å². The topological polar surface area (TPSA) is 115 Å². The molecule has 0 saturated carbocycles. The van der Waals surface area contributed by atoms with Gasteiger partial charge in [0.25, 0.3) is 5.56 Å². The molecule has 0 bridgehead atoms. The van der Waals surface area contributed by atoms with Crippen molar-refractivity contribution >= 4 is 22.8 Å². The Balaban J connectivity index is 2.18. The van der Waals surface area contributed by atoms with Gasteiger partial charge in [0.15, 0.2) is 5.82 Å². The summed E-state index contributed by atoms with van der Waals surface area (Å²) < 4.78 is 28.1. The fraction of sp³-hybridized carbons (Fsp3) is 0.158. The fourth-order valence-electron chi connectivity index (χ4n) is 2.75. The van der Waals surface area contributed by atoms with Crippen molar-refractivity contribution in [2.45, 2.75) is 18.9 Å². The first-order chi connectivity index (χ1) is 13.3. The van der Waals surface area contributed by atoms with E-state index in [1.54, 1.807) is 12.1 Å². The van der Waals surface area contributed by atoms with Gasteiger partial charge in [-0.05, 0) is 30.7 Å². The van der Waals surface area contributed by atoms with Gasteiger partial charge in [-0.2, -0.15) is 0 Å². The van der Waals surface area contributed by atoms with Crippen LogP contribution in [0.2, 0.25) is 0 Å². The van der Waals surface area contributed by atoms with E-state index in [-0.39, 0.29) is 35.1 Å². The number of aliphatic carboxylic acids is 1. The Morgan fingerprint density at radius 3 is 2.43 bits per heavy atom. The Labute approximate surface area is 157 Å². The lowest BCUT2D eigenvalue weighted by molar-refractivity contribution is -0.138. The lowest BCUT2D eigenvalue weighted by atomic mass is 10.1. The summed E-state index contributed by atoms with van der Waals surface area (Å²) in [5.41, 5.74) is 4.83. The molecule has 9 heteroatoms. The molecule has 7 nitrogen and oxygen atoms in total. The van der Waals surface area contributed by atoms with E-state index in [1.165, 1.54) is 12.1 Å². The van der Waals surface area contributed by atoms with Crippen molar-refractivity contribution in [2.24, 2.45) is 5.73 Å². The van der Waals surface area contributed by atoms with Crippen molar-refractivity contribution in [3.8, 4) is 11.4 Å². The standard InChI is InChI=1S/C19H15F2N3O4/c20-11-7-10(8-12(21)9-11)17-23-15-4-2-1-3-13(15)18(26)24(17)16(25)6-5-14(22)19(27)28/h1-4,7-9,14H,5-6,22H2,(H,27,28). The maximum Gasteiger partial charge on any atom is 0.320 e. The number of rotatable bonds is 5. The summed E-state index contributed by atoms with van der Waals surface area (Å²) in [6.07, 6.45) is -0.581. The minimum atomic E-state index is -1.29. The summed E-state index contributed by atoms with van der Waals surface area (Å²) >= 11 is 0. The molecule has 144 valence electrons. The number of nitrogens with zero attached hydrogens (tertiary/aromatic N) is 2. The number of para-hydroxylation sites is 1. The van der Waals surface area contributed by atoms with Gasteiger partial charge in [0.05, 0.1) is 10.9 Å². The Kier molecular flexibility index (Phi) is 5.27. The smallest absolute Gasteiger partial charge is 0.320 e. The zero-order valence-corrected chi connectivity index (χ0v) is 14.4. The Morgan fingerprint density at radius 2 is 1.79 bits per heavy atom. The third kappa shape index (κ3) is 3.79. The highest BCUT2D eigenvalue weighted by atomic mass is 19.1. The van der Waals surface area contributed by atoms with Crippen molar-refractivity contribution in [3.05, 3.63) is 64.5 Å². The highest BCUT2D eigenvalue weighted by Gasteiger charge is 2.21. The third-order valence-corrected chi connectivity index (χ3v) is 4.13. The number of nitrogens with two attached hydrogens (primary N) is 1. The molecule has 3 N–H and O–H groups in total. The second-order valence-corrected chi connectivity index (χ2v) is 6.13. The van der Waals surface area contributed by atoms with Crippen molar-refractivity contribution in [1.82, 2.24) is 9.55 Å². The van der Waals surface area contributed by atoms with Crippen LogP contribution in [-0.2, 0) is 4.79 Å². The molecule has 0 spiro atoms. The highest BCUT2D eigenvalue weighted by Crippen LogP contribution is 2.22. The van der Waals surface area contributed by atoms with Gasteiger partial charge in [-0.25, -0.2) is 18.3 Å². The monoisotopic (exact) mass is 387 g/mol. The molecule has 1 heterocycles. The van der Waals surface area contributed by atoms with Crippen LogP contribution in [0.4, 0.5) is 8.78 Å². The first-order valence-corrected chi connectivity index (χ1v) is 8.28. The maximum atomic E-state index is 13.7. The molecule has 0 aliphatic carbocycles. The summed E-state index contributed by atoms with van der Waals surface area (Å²) in [5.74, 6) is -4.10.